The predicted octanol–water partition coefficient (Wildman–Crippen LogP) is 3.69. The summed E-state index contributed by atoms with van der Waals surface area (Å²) in [6, 6.07) is 12.6. The topological polar surface area (TPSA) is 75.1 Å². The van der Waals surface area contributed by atoms with E-state index in [0.29, 0.717) is 11.3 Å². The highest BCUT2D eigenvalue weighted by Gasteiger charge is 2.11. The number of aromatic carboxylic acids is 1. The number of carbonyl (C=O) groups is 1. The molecule has 0 amide bonds. The van der Waals surface area contributed by atoms with Gasteiger partial charge < -0.3 is 10.4 Å². The maximum atomic E-state index is 11.3. The quantitative estimate of drug-likeness (QED) is 0.770. The summed E-state index contributed by atoms with van der Waals surface area (Å²) in [5.41, 5.74) is 3.93. The first kappa shape index (κ1) is 14.0. The van der Waals surface area contributed by atoms with Gasteiger partial charge in [0, 0.05) is 16.8 Å². The third-order valence-corrected chi connectivity index (χ3v) is 3.37. The van der Waals surface area contributed by atoms with Gasteiger partial charge in [0.1, 0.15) is 0 Å². The number of aromatic nitrogens is 2. The van der Waals surface area contributed by atoms with Crippen LogP contribution in [0.1, 0.15) is 21.7 Å². The van der Waals surface area contributed by atoms with Gasteiger partial charge in [0.15, 0.2) is 5.65 Å². The summed E-state index contributed by atoms with van der Waals surface area (Å²) in [4.78, 5) is 20.2. The lowest BCUT2D eigenvalue weighted by Crippen LogP contribution is -2.03. The highest BCUT2D eigenvalue weighted by atomic mass is 16.4. The van der Waals surface area contributed by atoms with Crippen molar-refractivity contribution < 1.29 is 9.90 Å². The van der Waals surface area contributed by atoms with E-state index < -0.39 is 5.97 Å². The number of carboxylic acids is 1. The number of pyridine rings is 2. The van der Waals surface area contributed by atoms with Crippen LogP contribution in [-0.2, 0) is 0 Å². The molecule has 1 aromatic carbocycles. The van der Waals surface area contributed by atoms with Crippen LogP contribution < -0.4 is 5.32 Å². The Kier molecular flexibility index (Phi) is 3.47. The van der Waals surface area contributed by atoms with Crippen molar-refractivity contribution in [2.24, 2.45) is 0 Å². The molecule has 0 saturated carbocycles. The second-order valence-electron chi connectivity index (χ2n) is 5.11. The van der Waals surface area contributed by atoms with Crippen molar-refractivity contribution in [3.8, 4) is 0 Å². The number of aryl methyl sites for hydroxylation is 2. The number of hydrogen-bond donors (Lipinski definition) is 2. The van der Waals surface area contributed by atoms with Crippen LogP contribution in [0.5, 0.6) is 0 Å². The molecule has 2 heterocycles. The Morgan fingerprint density at radius 3 is 2.50 bits per heavy atom. The Hall–Kier alpha value is -2.95. The van der Waals surface area contributed by atoms with Crippen LogP contribution in [-0.4, -0.2) is 21.0 Å². The zero-order valence-electron chi connectivity index (χ0n) is 12.3. The summed E-state index contributed by atoms with van der Waals surface area (Å²) < 4.78 is 0. The van der Waals surface area contributed by atoms with E-state index in [9.17, 15) is 9.90 Å². The molecule has 0 unspecified atom stereocenters. The van der Waals surface area contributed by atoms with Gasteiger partial charge in [-0.25, -0.2) is 14.8 Å². The second kappa shape index (κ2) is 5.44. The molecule has 2 N–H and O–H groups in total. The number of fused-ring (bicyclic) bond motifs is 1. The Morgan fingerprint density at radius 1 is 1.00 bits per heavy atom. The zero-order valence-corrected chi connectivity index (χ0v) is 12.3. The third kappa shape index (κ3) is 2.61. The Bertz CT molecular complexity index is 870. The van der Waals surface area contributed by atoms with E-state index in [1.165, 1.54) is 0 Å². The molecule has 2 aromatic heterocycles. The van der Waals surface area contributed by atoms with E-state index in [1.807, 2.05) is 32.0 Å². The van der Waals surface area contributed by atoms with Crippen LogP contribution in [0.3, 0.4) is 0 Å². The molecule has 0 saturated heterocycles. The lowest BCUT2D eigenvalue weighted by Gasteiger charge is -2.12. The summed E-state index contributed by atoms with van der Waals surface area (Å²) in [7, 11) is 0. The number of benzene rings is 1. The Morgan fingerprint density at radius 2 is 1.73 bits per heavy atom. The largest absolute Gasteiger partial charge is 0.478 e. The molecule has 0 fully saturated rings. The molecule has 22 heavy (non-hydrogen) atoms. The normalized spacial score (nSPS) is 10.6. The maximum absolute atomic E-state index is 11.3. The first-order valence-electron chi connectivity index (χ1n) is 6.89. The minimum absolute atomic E-state index is 0.227. The summed E-state index contributed by atoms with van der Waals surface area (Å²) >= 11 is 0. The Balaban J connectivity index is 2.14. The minimum atomic E-state index is -0.966. The number of para-hydroxylation sites is 1. The molecule has 5 nitrogen and oxygen atoms in total. The average molecular weight is 293 g/mol. The Labute approximate surface area is 127 Å². The van der Waals surface area contributed by atoms with Crippen LogP contribution >= 0.6 is 0 Å². The number of anilines is 2. The van der Waals surface area contributed by atoms with Gasteiger partial charge in [-0.1, -0.05) is 12.1 Å². The standard InChI is InChI=1S/C17H15N3O2/c1-10-7-8-12-15(9-11(2)19-16(12)18-10)20-14-6-4-3-5-13(14)17(21)22/h3-9H,1-2H3,(H,21,22)(H,18,19,20). The van der Waals surface area contributed by atoms with Crippen LogP contribution in [0.15, 0.2) is 42.5 Å². The van der Waals surface area contributed by atoms with Crippen molar-refractivity contribution in [1.82, 2.24) is 9.97 Å². The fourth-order valence-corrected chi connectivity index (χ4v) is 2.35. The van der Waals surface area contributed by atoms with E-state index in [2.05, 4.69) is 15.3 Å². The van der Waals surface area contributed by atoms with Crippen LogP contribution in [0.2, 0.25) is 0 Å². The molecule has 0 aliphatic rings. The molecule has 0 aliphatic heterocycles. The van der Waals surface area contributed by atoms with Crippen LogP contribution in [0, 0.1) is 13.8 Å². The molecule has 0 aliphatic carbocycles. The fourth-order valence-electron chi connectivity index (χ4n) is 2.35. The van der Waals surface area contributed by atoms with Crippen LogP contribution in [0.25, 0.3) is 11.0 Å². The van der Waals surface area contributed by atoms with E-state index in [1.54, 1.807) is 24.3 Å². The average Bonchev–Trinajstić information content (AvgIpc) is 2.46. The van der Waals surface area contributed by atoms with Gasteiger partial charge in [-0.2, -0.15) is 0 Å². The summed E-state index contributed by atoms with van der Waals surface area (Å²) in [6.45, 7) is 3.80. The van der Waals surface area contributed by atoms with Gasteiger partial charge in [-0.3, -0.25) is 0 Å². The highest BCUT2D eigenvalue weighted by Crippen LogP contribution is 2.27. The van der Waals surface area contributed by atoms with Crippen molar-refractivity contribution in [2.45, 2.75) is 13.8 Å². The molecule has 110 valence electrons. The molecular weight excluding hydrogens is 278 g/mol. The second-order valence-corrected chi connectivity index (χ2v) is 5.11. The summed E-state index contributed by atoms with van der Waals surface area (Å²) in [6.07, 6.45) is 0. The lowest BCUT2D eigenvalue weighted by atomic mass is 10.1. The first-order valence-corrected chi connectivity index (χ1v) is 6.89. The smallest absolute Gasteiger partial charge is 0.337 e. The van der Waals surface area contributed by atoms with Crippen molar-refractivity contribution in [2.75, 3.05) is 5.32 Å². The van der Waals surface area contributed by atoms with Gasteiger partial charge in [0.25, 0.3) is 0 Å². The van der Waals surface area contributed by atoms with Crippen molar-refractivity contribution in [3.63, 3.8) is 0 Å². The van der Waals surface area contributed by atoms with Gasteiger partial charge in [-0.05, 0) is 44.2 Å². The predicted molar refractivity (Wildman–Crippen MR) is 85.7 cm³/mol. The van der Waals surface area contributed by atoms with Crippen molar-refractivity contribution in [3.05, 3.63) is 59.4 Å². The SMILES string of the molecule is Cc1ccc2c(Nc3ccccc3C(=O)O)cc(C)nc2n1. The first-order chi connectivity index (χ1) is 10.5. The van der Waals surface area contributed by atoms with Crippen LogP contribution in [0.4, 0.5) is 11.4 Å². The van der Waals surface area contributed by atoms with E-state index in [4.69, 9.17) is 0 Å². The molecule has 3 aromatic rings. The molecule has 0 spiro atoms. The maximum Gasteiger partial charge on any atom is 0.337 e. The minimum Gasteiger partial charge on any atom is -0.478 e. The van der Waals surface area contributed by atoms with Gasteiger partial charge >= 0.3 is 5.97 Å². The third-order valence-electron chi connectivity index (χ3n) is 3.37. The molecule has 0 bridgehead atoms. The highest BCUT2D eigenvalue weighted by molar-refractivity contribution is 5.98. The number of hydrogen-bond acceptors (Lipinski definition) is 4. The lowest BCUT2D eigenvalue weighted by molar-refractivity contribution is 0.0698. The number of nitrogens with zero attached hydrogens (tertiary/aromatic N) is 2. The van der Waals surface area contributed by atoms with Gasteiger partial charge in [-0.15, -0.1) is 0 Å². The number of carboxylic acid groups (broad SMARTS) is 1. The summed E-state index contributed by atoms with van der Waals surface area (Å²) in [5.74, 6) is -0.966. The molecule has 0 atom stereocenters. The van der Waals surface area contributed by atoms with Crippen molar-refractivity contribution in [1.29, 1.82) is 0 Å². The molecular formula is C17H15N3O2. The number of nitrogens with one attached hydrogen (secondary N) is 1. The molecule has 0 radical (unpaired) electrons. The van der Waals surface area contributed by atoms with E-state index >= 15 is 0 Å². The monoisotopic (exact) mass is 293 g/mol. The molecule has 3 rings (SSSR count). The van der Waals surface area contributed by atoms with Gasteiger partial charge in [0.2, 0.25) is 0 Å². The van der Waals surface area contributed by atoms with Gasteiger partial charge in [0.05, 0.1) is 16.9 Å². The zero-order chi connectivity index (χ0) is 15.7. The molecule has 5 heteroatoms. The van der Waals surface area contributed by atoms with E-state index in [-0.39, 0.29) is 5.56 Å². The number of rotatable bonds is 3. The summed E-state index contributed by atoms with van der Waals surface area (Å²) in [5, 5.41) is 13.3. The fraction of sp³-hybridized carbons (Fsp3) is 0.118. The van der Waals surface area contributed by atoms with E-state index in [0.717, 1.165) is 22.5 Å². The van der Waals surface area contributed by atoms with Crippen molar-refractivity contribution >= 4 is 28.4 Å².